The Labute approximate surface area is 106 Å². The number of hydrogen-bond donors (Lipinski definition) is 0. The van der Waals surface area contributed by atoms with Gasteiger partial charge in [0.15, 0.2) is 5.78 Å². The van der Waals surface area contributed by atoms with Crippen LogP contribution in [0.5, 0.6) is 0 Å². The van der Waals surface area contributed by atoms with Gasteiger partial charge in [-0.05, 0) is 38.3 Å². The molecule has 0 radical (unpaired) electrons. The molecular weight excluding hydrogens is 228 g/mol. The molecule has 0 spiro atoms. The van der Waals surface area contributed by atoms with Gasteiger partial charge in [-0.25, -0.2) is 4.79 Å². The van der Waals surface area contributed by atoms with E-state index in [0.717, 1.165) is 17.6 Å². The first-order chi connectivity index (χ1) is 8.40. The smallest absolute Gasteiger partial charge is 0.339 e. The van der Waals surface area contributed by atoms with Gasteiger partial charge in [0.2, 0.25) is 0 Å². The van der Waals surface area contributed by atoms with Gasteiger partial charge in [-0.3, -0.25) is 4.79 Å². The second kappa shape index (κ2) is 3.44. The van der Waals surface area contributed by atoms with Crippen LogP contribution in [0.3, 0.4) is 0 Å². The Hall–Kier alpha value is -1.64. The lowest BCUT2D eigenvalue weighted by molar-refractivity contribution is -0.133. The largest absolute Gasteiger partial charge is 0.423 e. The van der Waals surface area contributed by atoms with Crippen LogP contribution < -0.4 is 0 Å². The normalized spacial score (nSPS) is 34.7. The monoisotopic (exact) mass is 244 g/mol. The molecule has 3 nitrogen and oxygen atoms in total. The van der Waals surface area contributed by atoms with Gasteiger partial charge in [-0.1, -0.05) is 12.5 Å². The molecule has 0 unspecified atom stereocenters. The minimum atomic E-state index is -0.244. The maximum Gasteiger partial charge on any atom is 0.339 e. The molecule has 0 N–H and O–H groups in total. The highest BCUT2D eigenvalue weighted by Gasteiger charge is 2.45. The third-order valence-corrected chi connectivity index (χ3v) is 4.42. The van der Waals surface area contributed by atoms with Gasteiger partial charge in [0, 0.05) is 23.0 Å². The lowest BCUT2D eigenvalue weighted by Crippen LogP contribution is -2.35. The van der Waals surface area contributed by atoms with E-state index < -0.39 is 0 Å². The van der Waals surface area contributed by atoms with Gasteiger partial charge in [0.25, 0.3) is 0 Å². The first-order valence-electron chi connectivity index (χ1n) is 6.27. The Morgan fingerprint density at radius 2 is 2.06 bits per heavy atom. The molecule has 94 valence electrons. The van der Waals surface area contributed by atoms with Crippen LogP contribution in [0.4, 0.5) is 0 Å². The first kappa shape index (κ1) is 11.5. The van der Waals surface area contributed by atoms with Crippen molar-refractivity contribution in [2.75, 3.05) is 0 Å². The number of rotatable bonds is 0. The summed E-state index contributed by atoms with van der Waals surface area (Å²) < 4.78 is 5.28. The van der Waals surface area contributed by atoms with Crippen molar-refractivity contribution >= 4 is 11.8 Å². The standard InChI is InChI=1S/C15H16O3/c1-8-4-10(16)6-15(3)7-13-11(5-12(8)15)9(2)14(17)18-13/h4,7,12H,5-6H2,1-3H3/t12-,15+/m0/s1. The molecule has 2 aliphatic carbocycles. The maximum atomic E-state index is 11.7. The number of fused-ring (bicyclic) bond motifs is 2. The van der Waals surface area contributed by atoms with Crippen molar-refractivity contribution in [2.45, 2.75) is 33.6 Å². The van der Waals surface area contributed by atoms with E-state index in [1.807, 2.05) is 19.9 Å². The SMILES string of the molecule is CC1=CC(=O)C[C@]2(C)C=C3OC(=O)C(C)=C3C[C@@H]12. The molecule has 0 aromatic heterocycles. The van der Waals surface area contributed by atoms with Crippen LogP contribution in [0.15, 0.2) is 34.6 Å². The number of allylic oxidation sites excluding steroid dienone is 4. The predicted octanol–water partition coefficient (Wildman–Crippen LogP) is 2.69. The highest BCUT2D eigenvalue weighted by molar-refractivity contribution is 5.95. The van der Waals surface area contributed by atoms with Crippen LogP contribution >= 0.6 is 0 Å². The Bertz CT molecular complexity index is 562. The lowest BCUT2D eigenvalue weighted by Gasteiger charge is -2.41. The van der Waals surface area contributed by atoms with E-state index in [-0.39, 0.29) is 17.2 Å². The quantitative estimate of drug-likeness (QED) is 0.615. The van der Waals surface area contributed by atoms with Gasteiger partial charge in [-0.15, -0.1) is 0 Å². The third-order valence-electron chi connectivity index (χ3n) is 4.42. The van der Waals surface area contributed by atoms with Crippen molar-refractivity contribution in [3.8, 4) is 0 Å². The summed E-state index contributed by atoms with van der Waals surface area (Å²) in [5, 5.41) is 0. The number of carbonyl (C=O) groups is 2. The topological polar surface area (TPSA) is 43.4 Å². The lowest BCUT2D eigenvalue weighted by atomic mass is 9.62. The summed E-state index contributed by atoms with van der Waals surface area (Å²) in [6.45, 7) is 5.90. The third kappa shape index (κ3) is 1.43. The van der Waals surface area contributed by atoms with Gasteiger partial charge in [0.05, 0.1) is 0 Å². The minimum absolute atomic E-state index is 0.163. The highest BCUT2D eigenvalue weighted by atomic mass is 16.5. The van der Waals surface area contributed by atoms with E-state index in [1.54, 1.807) is 6.08 Å². The number of carbonyl (C=O) groups excluding carboxylic acids is 2. The van der Waals surface area contributed by atoms with Crippen molar-refractivity contribution in [2.24, 2.45) is 11.3 Å². The van der Waals surface area contributed by atoms with Gasteiger partial charge in [0.1, 0.15) is 5.76 Å². The molecule has 0 amide bonds. The average molecular weight is 244 g/mol. The zero-order chi connectivity index (χ0) is 13.1. The fraction of sp³-hybridized carbons (Fsp3) is 0.467. The van der Waals surface area contributed by atoms with Gasteiger partial charge < -0.3 is 4.74 Å². The van der Waals surface area contributed by atoms with Crippen LogP contribution in [0.1, 0.15) is 33.6 Å². The van der Waals surface area contributed by atoms with Crippen LogP contribution in [-0.4, -0.2) is 11.8 Å². The minimum Gasteiger partial charge on any atom is -0.423 e. The number of hydrogen-bond acceptors (Lipinski definition) is 3. The Balaban J connectivity index is 2.13. The van der Waals surface area contributed by atoms with Crippen LogP contribution in [0.2, 0.25) is 0 Å². The zero-order valence-corrected chi connectivity index (χ0v) is 10.9. The Morgan fingerprint density at radius 3 is 2.78 bits per heavy atom. The van der Waals surface area contributed by atoms with Crippen molar-refractivity contribution in [3.05, 3.63) is 34.6 Å². The summed E-state index contributed by atoms with van der Waals surface area (Å²) in [5.74, 6) is 0.903. The number of esters is 1. The molecule has 1 heterocycles. The second-order valence-electron chi connectivity index (χ2n) is 5.80. The van der Waals surface area contributed by atoms with Gasteiger partial charge >= 0.3 is 5.97 Å². The highest BCUT2D eigenvalue weighted by Crippen LogP contribution is 2.51. The maximum absolute atomic E-state index is 11.7. The average Bonchev–Trinajstić information content (AvgIpc) is 2.50. The van der Waals surface area contributed by atoms with E-state index >= 15 is 0 Å². The van der Waals surface area contributed by atoms with Crippen LogP contribution in [-0.2, 0) is 14.3 Å². The summed E-state index contributed by atoms with van der Waals surface area (Å²) >= 11 is 0. The zero-order valence-electron chi connectivity index (χ0n) is 10.9. The second-order valence-corrected chi connectivity index (χ2v) is 5.80. The fourth-order valence-corrected chi connectivity index (χ4v) is 3.39. The molecule has 3 rings (SSSR count). The Morgan fingerprint density at radius 1 is 1.33 bits per heavy atom. The van der Waals surface area contributed by atoms with E-state index in [0.29, 0.717) is 23.7 Å². The molecule has 0 aromatic carbocycles. The summed E-state index contributed by atoms with van der Waals surface area (Å²) in [5.41, 5.74) is 2.64. The number of ether oxygens (including phenoxy) is 1. The summed E-state index contributed by atoms with van der Waals surface area (Å²) in [7, 11) is 0. The first-order valence-corrected chi connectivity index (χ1v) is 6.27. The molecule has 3 heteroatoms. The summed E-state index contributed by atoms with van der Waals surface area (Å²) in [4.78, 5) is 23.3. The molecule has 2 atom stereocenters. The van der Waals surface area contributed by atoms with E-state index in [1.165, 1.54) is 0 Å². The molecule has 0 fully saturated rings. The van der Waals surface area contributed by atoms with E-state index in [9.17, 15) is 9.59 Å². The molecule has 3 aliphatic rings. The molecule has 0 saturated heterocycles. The molecule has 1 aliphatic heterocycles. The fourth-order valence-electron chi connectivity index (χ4n) is 3.39. The van der Waals surface area contributed by atoms with Crippen LogP contribution in [0, 0.1) is 11.3 Å². The molecular formula is C15H16O3. The van der Waals surface area contributed by atoms with Crippen molar-refractivity contribution in [3.63, 3.8) is 0 Å². The summed E-state index contributed by atoms with van der Waals surface area (Å²) in [6.07, 6.45) is 5.04. The number of ketones is 1. The van der Waals surface area contributed by atoms with E-state index in [4.69, 9.17) is 4.74 Å². The predicted molar refractivity (Wildman–Crippen MR) is 66.5 cm³/mol. The van der Waals surface area contributed by atoms with E-state index in [2.05, 4.69) is 6.92 Å². The van der Waals surface area contributed by atoms with Crippen molar-refractivity contribution in [1.29, 1.82) is 0 Å². The van der Waals surface area contributed by atoms with Gasteiger partial charge in [-0.2, -0.15) is 0 Å². The Kier molecular flexibility index (Phi) is 2.19. The molecule has 0 saturated carbocycles. The molecule has 0 aromatic rings. The summed E-state index contributed by atoms with van der Waals surface area (Å²) in [6, 6.07) is 0. The molecule has 0 bridgehead atoms. The molecule has 18 heavy (non-hydrogen) atoms. The van der Waals surface area contributed by atoms with Crippen LogP contribution in [0.25, 0.3) is 0 Å². The van der Waals surface area contributed by atoms with Crippen molar-refractivity contribution in [1.82, 2.24) is 0 Å². The van der Waals surface area contributed by atoms with Crippen molar-refractivity contribution < 1.29 is 14.3 Å².